The Kier molecular flexibility index (Phi) is 6.93. The van der Waals surface area contributed by atoms with Crippen molar-refractivity contribution in [2.24, 2.45) is 5.73 Å². The van der Waals surface area contributed by atoms with E-state index in [4.69, 9.17) is 15.2 Å². The average molecular weight is 256 g/mol. The molecule has 1 saturated heterocycles. The third kappa shape index (κ3) is 4.76. The normalized spacial score (nSPS) is 25.5. The van der Waals surface area contributed by atoms with Gasteiger partial charge in [-0.3, -0.25) is 4.90 Å². The summed E-state index contributed by atoms with van der Waals surface area (Å²) in [5.41, 5.74) is 5.78. The second kappa shape index (κ2) is 8.24. The van der Waals surface area contributed by atoms with Crippen molar-refractivity contribution in [1.82, 2.24) is 4.90 Å². The number of rotatable bonds is 6. The zero-order valence-corrected chi connectivity index (χ0v) is 11.3. The molecule has 0 aliphatic carbocycles. The predicted molar refractivity (Wildman–Crippen MR) is 70.2 cm³/mol. The van der Waals surface area contributed by atoms with E-state index in [-0.39, 0.29) is 5.97 Å². The van der Waals surface area contributed by atoms with Crippen molar-refractivity contribution in [3.63, 3.8) is 0 Å². The molecule has 0 aromatic carbocycles. The Morgan fingerprint density at radius 3 is 2.94 bits per heavy atom. The van der Waals surface area contributed by atoms with E-state index in [1.54, 1.807) is 14.0 Å². The van der Waals surface area contributed by atoms with Gasteiger partial charge in [-0.05, 0) is 19.8 Å². The van der Waals surface area contributed by atoms with Crippen LogP contribution in [-0.4, -0.2) is 56.4 Å². The molecule has 5 heteroatoms. The van der Waals surface area contributed by atoms with Gasteiger partial charge >= 0.3 is 5.97 Å². The van der Waals surface area contributed by atoms with E-state index in [1.807, 2.05) is 6.08 Å². The molecule has 1 fully saturated rings. The van der Waals surface area contributed by atoms with E-state index in [1.165, 1.54) is 6.08 Å². The molecule has 1 aliphatic rings. The van der Waals surface area contributed by atoms with Crippen molar-refractivity contribution in [2.75, 3.05) is 33.4 Å². The fourth-order valence-electron chi connectivity index (χ4n) is 2.24. The summed E-state index contributed by atoms with van der Waals surface area (Å²) in [6, 6.07) is 0.329. The first kappa shape index (κ1) is 15.1. The number of hydrogen-bond donors (Lipinski definition) is 1. The summed E-state index contributed by atoms with van der Waals surface area (Å²) in [5, 5.41) is 0. The van der Waals surface area contributed by atoms with E-state index < -0.39 is 0 Å². The van der Waals surface area contributed by atoms with Gasteiger partial charge in [0.25, 0.3) is 0 Å². The molecule has 1 aliphatic heterocycles. The second-order valence-corrected chi connectivity index (χ2v) is 4.42. The summed E-state index contributed by atoms with van der Waals surface area (Å²) in [4.78, 5) is 13.4. The molecule has 2 N–H and O–H groups in total. The lowest BCUT2D eigenvalue weighted by molar-refractivity contribution is -0.137. The molecule has 0 radical (unpaired) electrons. The lowest BCUT2D eigenvalue weighted by atomic mass is 9.99. The maximum Gasteiger partial charge on any atom is 0.330 e. The largest absolute Gasteiger partial charge is 0.463 e. The Morgan fingerprint density at radius 2 is 2.33 bits per heavy atom. The molecule has 1 rings (SSSR count). The fourth-order valence-corrected chi connectivity index (χ4v) is 2.24. The van der Waals surface area contributed by atoms with Gasteiger partial charge in [-0.2, -0.15) is 0 Å². The minimum atomic E-state index is -0.284. The van der Waals surface area contributed by atoms with Gasteiger partial charge in [-0.15, -0.1) is 0 Å². The molecule has 2 unspecified atom stereocenters. The van der Waals surface area contributed by atoms with E-state index >= 15 is 0 Å². The summed E-state index contributed by atoms with van der Waals surface area (Å²) in [7, 11) is 1.74. The average Bonchev–Trinajstić information content (AvgIpc) is 2.39. The summed E-state index contributed by atoms with van der Waals surface area (Å²) < 4.78 is 10.2. The zero-order chi connectivity index (χ0) is 13.4. The number of likely N-dealkylation sites (tertiary alicyclic amines) is 1. The summed E-state index contributed by atoms with van der Waals surface area (Å²) >= 11 is 0. The maximum absolute atomic E-state index is 11.2. The van der Waals surface area contributed by atoms with Crippen LogP contribution in [0, 0.1) is 0 Å². The van der Waals surface area contributed by atoms with Crippen LogP contribution < -0.4 is 5.73 Å². The van der Waals surface area contributed by atoms with Gasteiger partial charge in [-0.1, -0.05) is 6.08 Å². The Morgan fingerprint density at radius 1 is 1.56 bits per heavy atom. The van der Waals surface area contributed by atoms with Crippen molar-refractivity contribution in [1.29, 1.82) is 0 Å². The zero-order valence-electron chi connectivity index (χ0n) is 11.3. The van der Waals surface area contributed by atoms with Crippen LogP contribution in [-0.2, 0) is 14.3 Å². The Hall–Kier alpha value is -0.910. The number of carbonyl (C=O) groups is 1. The first-order valence-electron chi connectivity index (χ1n) is 6.51. The molecular weight excluding hydrogens is 232 g/mol. The van der Waals surface area contributed by atoms with Gasteiger partial charge in [0.05, 0.1) is 12.7 Å². The van der Waals surface area contributed by atoms with Crippen molar-refractivity contribution < 1.29 is 14.3 Å². The molecule has 0 aromatic heterocycles. The first-order chi connectivity index (χ1) is 8.71. The van der Waals surface area contributed by atoms with Crippen LogP contribution in [0.25, 0.3) is 0 Å². The highest BCUT2D eigenvalue weighted by Crippen LogP contribution is 2.18. The van der Waals surface area contributed by atoms with Gasteiger partial charge in [-0.25, -0.2) is 4.79 Å². The van der Waals surface area contributed by atoms with E-state index in [2.05, 4.69) is 4.90 Å². The Balaban J connectivity index is 2.39. The molecule has 1 heterocycles. The third-order valence-electron chi connectivity index (χ3n) is 3.28. The molecule has 2 atom stereocenters. The molecule has 0 bridgehead atoms. The minimum Gasteiger partial charge on any atom is -0.463 e. The smallest absolute Gasteiger partial charge is 0.330 e. The highest BCUT2D eigenvalue weighted by atomic mass is 16.5. The minimum absolute atomic E-state index is 0.284. The van der Waals surface area contributed by atoms with Crippen LogP contribution in [0.3, 0.4) is 0 Å². The third-order valence-corrected chi connectivity index (χ3v) is 3.28. The predicted octanol–water partition coefficient (Wildman–Crippen LogP) is 0.544. The van der Waals surface area contributed by atoms with Crippen LogP contribution in [0.4, 0.5) is 0 Å². The SMILES string of the molecule is CCOC(=O)/C=C/CN1CCC(OC)CC1CN. The van der Waals surface area contributed by atoms with Gasteiger partial charge < -0.3 is 15.2 Å². The van der Waals surface area contributed by atoms with Crippen molar-refractivity contribution in [2.45, 2.75) is 31.9 Å². The molecular formula is C13H24N2O3. The van der Waals surface area contributed by atoms with E-state index in [0.717, 1.165) is 25.9 Å². The highest BCUT2D eigenvalue weighted by molar-refractivity contribution is 5.81. The number of esters is 1. The van der Waals surface area contributed by atoms with Crippen LogP contribution >= 0.6 is 0 Å². The Labute approximate surface area is 109 Å². The van der Waals surface area contributed by atoms with Crippen molar-refractivity contribution >= 4 is 5.97 Å². The van der Waals surface area contributed by atoms with Gasteiger partial charge in [0, 0.05) is 38.9 Å². The van der Waals surface area contributed by atoms with Crippen molar-refractivity contribution in [3.05, 3.63) is 12.2 Å². The van der Waals surface area contributed by atoms with Crippen LogP contribution in [0.1, 0.15) is 19.8 Å². The summed E-state index contributed by atoms with van der Waals surface area (Å²) in [6.07, 6.45) is 5.61. The fraction of sp³-hybridized carbons (Fsp3) is 0.769. The van der Waals surface area contributed by atoms with E-state index in [0.29, 0.717) is 25.3 Å². The second-order valence-electron chi connectivity index (χ2n) is 4.42. The molecule has 18 heavy (non-hydrogen) atoms. The number of ether oxygens (including phenoxy) is 2. The first-order valence-corrected chi connectivity index (χ1v) is 6.51. The number of nitrogens with two attached hydrogens (primary N) is 1. The molecule has 0 amide bonds. The quantitative estimate of drug-likeness (QED) is 0.555. The lowest BCUT2D eigenvalue weighted by Crippen LogP contribution is -2.48. The summed E-state index contributed by atoms with van der Waals surface area (Å²) in [5.74, 6) is -0.284. The number of nitrogens with zero attached hydrogens (tertiary/aromatic N) is 1. The van der Waals surface area contributed by atoms with Gasteiger partial charge in [0.1, 0.15) is 0 Å². The maximum atomic E-state index is 11.2. The molecule has 5 nitrogen and oxygen atoms in total. The number of hydrogen-bond acceptors (Lipinski definition) is 5. The number of carbonyl (C=O) groups excluding carboxylic acids is 1. The van der Waals surface area contributed by atoms with Crippen molar-refractivity contribution in [3.8, 4) is 0 Å². The van der Waals surface area contributed by atoms with E-state index in [9.17, 15) is 4.79 Å². The lowest BCUT2D eigenvalue weighted by Gasteiger charge is -2.37. The molecule has 0 aromatic rings. The summed E-state index contributed by atoms with van der Waals surface area (Å²) in [6.45, 7) is 4.51. The Bertz CT molecular complexity index is 281. The highest BCUT2D eigenvalue weighted by Gasteiger charge is 2.26. The standard InChI is InChI=1S/C13H24N2O3/c1-3-18-13(16)5-4-7-15-8-6-12(17-2)9-11(15)10-14/h4-5,11-12H,3,6-10,14H2,1-2H3/b5-4+. The van der Waals surface area contributed by atoms with Crippen LogP contribution in [0.5, 0.6) is 0 Å². The van der Waals surface area contributed by atoms with Gasteiger partial charge in [0.15, 0.2) is 0 Å². The molecule has 0 spiro atoms. The van der Waals surface area contributed by atoms with Crippen LogP contribution in [0.2, 0.25) is 0 Å². The number of methoxy groups -OCH3 is 1. The molecule has 0 saturated carbocycles. The monoisotopic (exact) mass is 256 g/mol. The van der Waals surface area contributed by atoms with Crippen LogP contribution in [0.15, 0.2) is 12.2 Å². The molecule has 104 valence electrons. The topological polar surface area (TPSA) is 64.8 Å². The van der Waals surface area contributed by atoms with Gasteiger partial charge in [0.2, 0.25) is 0 Å². The number of piperidine rings is 1.